The van der Waals surface area contributed by atoms with E-state index in [0.717, 1.165) is 19.4 Å². The van der Waals surface area contributed by atoms with Gasteiger partial charge in [-0.05, 0) is 38.1 Å². The van der Waals surface area contributed by atoms with E-state index < -0.39 is 0 Å². The molecule has 0 aromatic carbocycles. The summed E-state index contributed by atoms with van der Waals surface area (Å²) in [5, 5.41) is 2.91. The van der Waals surface area contributed by atoms with Crippen LogP contribution in [0.4, 0.5) is 0 Å². The van der Waals surface area contributed by atoms with E-state index in [1.54, 1.807) is 0 Å². The highest BCUT2D eigenvalue weighted by molar-refractivity contribution is 5.76. The molecule has 0 saturated heterocycles. The Bertz CT molecular complexity index is 212. The van der Waals surface area contributed by atoms with Crippen LogP contribution < -0.4 is 11.1 Å². The minimum atomic E-state index is 0.126. The summed E-state index contributed by atoms with van der Waals surface area (Å²) < 4.78 is 0. The molecule has 0 rings (SSSR count). The van der Waals surface area contributed by atoms with Crippen molar-refractivity contribution >= 4 is 5.91 Å². The molecule has 3 N–H and O–H groups in total. The van der Waals surface area contributed by atoms with E-state index >= 15 is 0 Å². The number of amides is 1. The molecule has 0 aliphatic rings. The Morgan fingerprint density at radius 1 is 1.44 bits per heavy atom. The maximum Gasteiger partial charge on any atom is 0.220 e. The smallest absolute Gasteiger partial charge is 0.220 e. The van der Waals surface area contributed by atoms with Crippen LogP contribution in [0.2, 0.25) is 0 Å². The van der Waals surface area contributed by atoms with Gasteiger partial charge in [-0.1, -0.05) is 26.0 Å². The summed E-state index contributed by atoms with van der Waals surface area (Å²) >= 11 is 0. The number of hydrogen-bond donors (Lipinski definition) is 2. The van der Waals surface area contributed by atoms with Crippen LogP contribution in [0.5, 0.6) is 0 Å². The number of hydrogen-bond acceptors (Lipinski definition) is 2. The summed E-state index contributed by atoms with van der Waals surface area (Å²) in [7, 11) is 0. The van der Waals surface area contributed by atoms with Crippen molar-refractivity contribution in [2.75, 3.05) is 13.1 Å². The molecule has 3 heteroatoms. The van der Waals surface area contributed by atoms with Crippen molar-refractivity contribution in [1.82, 2.24) is 5.32 Å². The van der Waals surface area contributed by atoms with Gasteiger partial charge in [-0.3, -0.25) is 4.79 Å². The van der Waals surface area contributed by atoms with Crippen LogP contribution >= 0.6 is 0 Å². The Balaban J connectivity index is 3.74. The van der Waals surface area contributed by atoms with Crippen molar-refractivity contribution in [1.29, 1.82) is 0 Å². The van der Waals surface area contributed by atoms with E-state index in [4.69, 9.17) is 5.73 Å². The van der Waals surface area contributed by atoms with E-state index in [1.165, 1.54) is 0 Å². The molecule has 0 saturated carbocycles. The number of nitrogens with two attached hydrogens (primary N) is 1. The molecule has 0 aliphatic carbocycles. The molecule has 0 spiro atoms. The molecule has 94 valence electrons. The van der Waals surface area contributed by atoms with Crippen molar-refractivity contribution in [2.24, 2.45) is 17.6 Å². The van der Waals surface area contributed by atoms with Crippen molar-refractivity contribution < 1.29 is 4.79 Å². The first-order chi connectivity index (χ1) is 7.60. The van der Waals surface area contributed by atoms with E-state index in [9.17, 15) is 4.79 Å². The van der Waals surface area contributed by atoms with E-state index in [0.29, 0.717) is 24.8 Å². The highest BCUT2D eigenvalue weighted by atomic mass is 16.1. The minimum Gasteiger partial charge on any atom is -0.356 e. The zero-order chi connectivity index (χ0) is 12.4. The zero-order valence-electron chi connectivity index (χ0n) is 10.8. The first-order valence-corrected chi connectivity index (χ1v) is 6.18. The Morgan fingerprint density at radius 3 is 2.62 bits per heavy atom. The Labute approximate surface area is 99.5 Å². The summed E-state index contributed by atoms with van der Waals surface area (Å²) in [5.41, 5.74) is 5.65. The second-order valence-corrected chi connectivity index (χ2v) is 4.64. The summed E-state index contributed by atoms with van der Waals surface area (Å²) in [6, 6.07) is 0. The molecule has 16 heavy (non-hydrogen) atoms. The van der Waals surface area contributed by atoms with Crippen LogP contribution in [0.1, 0.15) is 40.0 Å². The summed E-state index contributed by atoms with van der Waals surface area (Å²) in [4.78, 5) is 11.6. The van der Waals surface area contributed by atoms with Gasteiger partial charge >= 0.3 is 0 Å². The van der Waals surface area contributed by atoms with Crippen molar-refractivity contribution in [3.8, 4) is 0 Å². The standard InChI is InChI=1S/C13H26N2O/c1-4-5-6-7-15-13(16)9-12(10-14)8-11(2)3/h4-5,11-12H,6-10,14H2,1-3H3,(H,15,16)/b5-4+. The third-order valence-corrected chi connectivity index (χ3v) is 2.48. The van der Waals surface area contributed by atoms with Gasteiger partial charge in [0.2, 0.25) is 5.91 Å². The number of nitrogens with one attached hydrogen (secondary N) is 1. The minimum absolute atomic E-state index is 0.126. The van der Waals surface area contributed by atoms with Gasteiger partial charge in [0.15, 0.2) is 0 Å². The number of carbonyl (C=O) groups excluding carboxylic acids is 1. The fourth-order valence-electron chi connectivity index (χ4n) is 1.73. The highest BCUT2D eigenvalue weighted by Crippen LogP contribution is 2.13. The molecule has 0 aromatic heterocycles. The van der Waals surface area contributed by atoms with Crippen LogP contribution in [0.3, 0.4) is 0 Å². The maximum atomic E-state index is 11.6. The molecular formula is C13H26N2O. The van der Waals surface area contributed by atoms with Gasteiger partial charge in [-0.15, -0.1) is 0 Å². The van der Waals surface area contributed by atoms with E-state index in [1.807, 2.05) is 13.0 Å². The summed E-state index contributed by atoms with van der Waals surface area (Å²) in [5.74, 6) is 1.05. The average Bonchev–Trinajstić information content (AvgIpc) is 2.23. The normalized spacial score (nSPS) is 13.3. The largest absolute Gasteiger partial charge is 0.356 e. The van der Waals surface area contributed by atoms with Crippen LogP contribution in [-0.2, 0) is 4.79 Å². The molecule has 1 amide bonds. The molecule has 0 fully saturated rings. The topological polar surface area (TPSA) is 55.1 Å². The fourth-order valence-corrected chi connectivity index (χ4v) is 1.73. The zero-order valence-corrected chi connectivity index (χ0v) is 10.8. The predicted molar refractivity (Wildman–Crippen MR) is 69.1 cm³/mol. The lowest BCUT2D eigenvalue weighted by Crippen LogP contribution is -2.29. The van der Waals surface area contributed by atoms with Gasteiger partial charge in [-0.2, -0.15) is 0 Å². The first kappa shape index (κ1) is 15.2. The third-order valence-electron chi connectivity index (χ3n) is 2.48. The predicted octanol–water partition coefficient (Wildman–Crippen LogP) is 2.08. The lowest BCUT2D eigenvalue weighted by molar-refractivity contribution is -0.122. The molecule has 0 radical (unpaired) electrons. The maximum absolute atomic E-state index is 11.6. The van der Waals surface area contributed by atoms with Crippen molar-refractivity contribution in [2.45, 2.75) is 40.0 Å². The quantitative estimate of drug-likeness (QED) is 0.492. The third kappa shape index (κ3) is 8.48. The number of allylic oxidation sites excluding steroid dienone is 1. The lowest BCUT2D eigenvalue weighted by Gasteiger charge is -2.16. The molecule has 0 aromatic rings. The molecule has 1 atom stereocenters. The van der Waals surface area contributed by atoms with Gasteiger partial charge in [0.05, 0.1) is 0 Å². The van der Waals surface area contributed by atoms with Crippen LogP contribution in [0.15, 0.2) is 12.2 Å². The molecular weight excluding hydrogens is 200 g/mol. The molecule has 3 nitrogen and oxygen atoms in total. The molecule has 0 bridgehead atoms. The van der Waals surface area contributed by atoms with Gasteiger partial charge in [0.25, 0.3) is 0 Å². The second kappa shape index (κ2) is 9.40. The Kier molecular flexibility index (Phi) is 8.91. The molecule has 0 heterocycles. The van der Waals surface area contributed by atoms with E-state index in [2.05, 4.69) is 25.2 Å². The van der Waals surface area contributed by atoms with Crippen LogP contribution in [-0.4, -0.2) is 19.0 Å². The Hall–Kier alpha value is -0.830. The van der Waals surface area contributed by atoms with Gasteiger partial charge in [-0.25, -0.2) is 0 Å². The van der Waals surface area contributed by atoms with Gasteiger partial charge < -0.3 is 11.1 Å². The molecule has 1 unspecified atom stereocenters. The second-order valence-electron chi connectivity index (χ2n) is 4.64. The average molecular weight is 226 g/mol. The lowest BCUT2D eigenvalue weighted by atomic mass is 9.94. The van der Waals surface area contributed by atoms with Crippen molar-refractivity contribution in [3.05, 3.63) is 12.2 Å². The SMILES string of the molecule is C/C=C/CCNC(=O)CC(CN)CC(C)C. The van der Waals surface area contributed by atoms with Gasteiger partial charge in [0, 0.05) is 13.0 Å². The fraction of sp³-hybridized carbons (Fsp3) is 0.769. The van der Waals surface area contributed by atoms with Crippen LogP contribution in [0, 0.1) is 11.8 Å². The van der Waals surface area contributed by atoms with Gasteiger partial charge in [0.1, 0.15) is 0 Å². The van der Waals surface area contributed by atoms with E-state index in [-0.39, 0.29) is 5.91 Å². The van der Waals surface area contributed by atoms with Crippen LogP contribution in [0.25, 0.3) is 0 Å². The summed E-state index contributed by atoms with van der Waals surface area (Å²) in [6.45, 7) is 7.62. The first-order valence-electron chi connectivity index (χ1n) is 6.18. The molecule has 0 aliphatic heterocycles. The number of rotatable bonds is 8. The van der Waals surface area contributed by atoms with Crippen molar-refractivity contribution in [3.63, 3.8) is 0 Å². The number of carbonyl (C=O) groups is 1. The highest BCUT2D eigenvalue weighted by Gasteiger charge is 2.13. The monoisotopic (exact) mass is 226 g/mol. The Morgan fingerprint density at radius 2 is 2.12 bits per heavy atom. The summed E-state index contributed by atoms with van der Waals surface area (Å²) in [6.07, 6.45) is 6.53.